The third kappa shape index (κ3) is 6.07. The smallest absolute Gasteiger partial charge is 0.425 e. The molecule has 2 rings (SSSR count). The van der Waals surface area contributed by atoms with Crippen LogP contribution in [0, 0.1) is 3.57 Å². The van der Waals surface area contributed by atoms with Gasteiger partial charge in [0.15, 0.2) is 6.10 Å². The van der Waals surface area contributed by atoms with E-state index in [0.717, 1.165) is 12.1 Å². The predicted octanol–water partition coefficient (Wildman–Crippen LogP) is 2.33. The fraction of sp³-hybridized carbons (Fsp3) is 0.312. The maximum Gasteiger partial charge on any atom is 0.425 e. The van der Waals surface area contributed by atoms with E-state index in [0.29, 0.717) is 6.92 Å². The summed E-state index contributed by atoms with van der Waals surface area (Å²) in [5, 5.41) is 7.49. The van der Waals surface area contributed by atoms with E-state index >= 15 is 0 Å². The number of sulfonamides is 1. The fourth-order valence-corrected chi connectivity index (χ4v) is 4.53. The van der Waals surface area contributed by atoms with E-state index in [9.17, 15) is 26.4 Å². The van der Waals surface area contributed by atoms with Gasteiger partial charge in [0.05, 0.1) is 25.8 Å². The fourth-order valence-electron chi connectivity index (χ4n) is 2.17. The van der Waals surface area contributed by atoms with E-state index in [-0.39, 0.29) is 26.8 Å². The number of nitrogens with two attached hydrogens (primary N) is 1. The van der Waals surface area contributed by atoms with Gasteiger partial charge in [-0.3, -0.25) is 10.1 Å². The molecule has 3 N–H and O–H groups in total. The highest BCUT2D eigenvalue weighted by atomic mass is 127. The number of alkyl halides is 3. The average Bonchev–Trinajstić information content (AvgIpc) is 2.65. The summed E-state index contributed by atoms with van der Waals surface area (Å²) in [6.45, 7) is 0.702. The van der Waals surface area contributed by atoms with E-state index in [2.05, 4.69) is 15.3 Å². The van der Waals surface area contributed by atoms with E-state index in [4.69, 9.17) is 19.3 Å². The Kier molecular flexibility index (Phi) is 7.53. The van der Waals surface area contributed by atoms with E-state index in [1.165, 1.54) is 42.9 Å². The number of primary sulfonamides is 1. The Morgan fingerprint density at radius 2 is 1.74 bits per heavy atom. The summed E-state index contributed by atoms with van der Waals surface area (Å²) >= 11 is 1.47. The first kappa shape index (κ1) is 24.9. The van der Waals surface area contributed by atoms with Gasteiger partial charge in [0, 0.05) is 3.57 Å². The zero-order chi connectivity index (χ0) is 23.6. The maximum absolute atomic E-state index is 12.8. The van der Waals surface area contributed by atoms with Gasteiger partial charge in [-0.1, -0.05) is 0 Å². The van der Waals surface area contributed by atoms with Gasteiger partial charge in [0.1, 0.15) is 10.6 Å². The van der Waals surface area contributed by atoms with E-state index in [1.807, 2.05) is 0 Å². The number of benzene rings is 1. The molecule has 1 aromatic heterocycles. The molecule has 0 bridgehead atoms. The first-order chi connectivity index (χ1) is 14.3. The zero-order valence-corrected chi connectivity index (χ0v) is 19.1. The number of aromatic nitrogens is 2. The highest BCUT2D eigenvalue weighted by Gasteiger charge is 2.39. The highest BCUT2D eigenvalue weighted by molar-refractivity contribution is 14.1. The van der Waals surface area contributed by atoms with E-state index < -0.39 is 38.9 Å². The molecule has 1 unspecified atom stereocenters. The average molecular weight is 576 g/mol. The van der Waals surface area contributed by atoms with Crippen LogP contribution in [0.1, 0.15) is 17.3 Å². The van der Waals surface area contributed by atoms with Crippen LogP contribution >= 0.6 is 22.6 Å². The molecular weight excluding hydrogens is 560 g/mol. The van der Waals surface area contributed by atoms with Gasteiger partial charge in [0.2, 0.25) is 27.7 Å². The standard InChI is InChI=1S/C16H16F3IN4O6S/c1-7(16(17,18)19)30-9-5-4-8(12(20)13(9)31(21,26)27)14(25)24-15-22-10(28-2)6-11(23-15)29-3/h4-7H,1-3H3,(H2,21,26,27)(H,22,23,24,25). The second-order valence-corrected chi connectivity index (χ2v) is 8.41. The van der Waals surface area contributed by atoms with Crippen molar-refractivity contribution in [2.45, 2.75) is 24.1 Å². The number of nitrogens with zero attached hydrogens (tertiary/aromatic N) is 2. The maximum atomic E-state index is 12.8. The minimum Gasteiger partial charge on any atom is -0.481 e. The number of carbonyl (C=O) groups excluding carboxylic acids is 1. The molecule has 2 aromatic rings. The summed E-state index contributed by atoms with van der Waals surface area (Å²) < 4.78 is 77.0. The monoisotopic (exact) mass is 576 g/mol. The molecular formula is C16H16F3IN4O6S. The van der Waals surface area contributed by atoms with Crippen molar-refractivity contribution in [3.8, 4) is 17.5 Å². The number of methoxy groups -OCH3 is 2. The van der Waals surface area contributed by atoms with Crippen molar-refractivity contribution in [3.05, 3.63) is 27.3 Å². The summed E-state index contributed by atoms with van der Waals surface area (Å²) in [5.74, 6) is -1.58. The number of nitrogens with one attached hydrogen (secondary N) is 1. The molecule has 15 heteroatoms. The quantitative estimate of drug-likeness (QED) is 0.479. The lowest BCUT2D eigenvalue weighted by atomic mass is 10.2. The second kappa shape index (κ2) is 9.39. The van der Waals surface area contributed by atoms with Crippen LogP contribution < -0.4 is 24.7 Å². The third-order valence-corrected chi connectivity index (χ3v) is 6.14. The van der Waals surface area contributed by atoms with Gasteiger partial charge in [0.25, 0.3) is 5.91 Å². The van der Waals surface area contributed by atoms with Crippen LogP contribution in [0.15, 0.2) is 23.1 Å². The Balaban J connectivity index is 2.47. The topological polar surface area (TPSA) is 143 Å². The van der Waals surface area contributed by atoms with Gasteiger partial charge in [-0.2, -0.15) is 23.1 Å². The van der Waals surface area contributed by atoms with Crippen molar-refractivity contribution in [1.82, 2.24) is 9.97 Å². The minimum absolute atomic E-state index is 0.0759. The van der Waals surface area contributed by atoms with Crippen molar-refractivity contribution in [1.29, 1.82) is 0 Å². The van der Waals surface area contributed by atoms with Crippen LogP contribution in [0.4, 0.5) is 19.1 Å². The van der Waals surface area contributed by atoms with Gasteiger partial charge in [-0.05, 0) is 41.6 Å². The molecule has 10 nitrogen and oxygen atoms in total. The Bertz CT molecular complexity index is 1080. The van der Waals surface area contributed by atoms with E-state index in [1.54, 1.807) is 0 Å². The molecule has 1 heterocycles. The number of halogens is 4. The Morgan fingerprint density at radius 1 is 1.19 bits per heavy atom. The number of hydrogen-bond acceptors (Lipinski definition) is 8. The van der Waals surface area contributed by atoms with Crippen molar-refractivity contribution in [3.63, 3.8) is 0 Å². The van der Waals surface area contributed by atoms with Crippen LogP contribution in [-0.4, -0.2) is 50.8 Å². The first-order valence-corrected chi connectivity index (χ1v) is 10.8. The molecule has 0 aliphatic carbocycles. The van der Waals surface area contributed by atoms with Gasteiger partial charge >= 0.3 is 6.18 Å². The van der Waals surface area contributed by atoms with Crippen LogP contribution in [0.2, 0.25) is 0 Å². The number of carbonyl (C=O) groups is 1. The van der Waals surface area contributed by atoms with Crippen molar-refractivity contribution < 1.29 is 40.6 Å². The molecule has 0 aliphatic rings. The molecule has 0 spiro atoms. The van der Waals surface area contributed by atoms with Crippen LogP contribution in [0.3, 0.4) is 0 Å². The lowest BCUT2D eigenvalue weighted by Gasteiger charge is -2.20. The molecule has 31 heavy (non-hydrogen) atoms. The Hall–Kier alpha value is -2.40. The summed E-state index contributed by atoms with van der Waals surface area (Å²) in [6.07, 6.45) is -7.07. The molecule has 0 fully saturated rings. The lowest BCUT2D eigenvalue weighted by Crippen LogP contribution is -2.32. The number of anilines is 1. The van der Waals surface area contributed by atoms with Gasteiger partial charge in [-0.25, -0.2) is 13.6 Å². The third-order valence-electron chi connectivity index (χ3n) is 3.68. The molecule has 170 valence electrons. The van der Waals surface area contributed by atoms with Gasteiger partial charge < -0.3 is 14.2 Å². The second-order valence-electron chi connectivity index (χ2n) is 5.83. The molecule has 1 aromatic carbocycles. The molecule has 0 aliphatic heterocycles. The lowest BCUT2D eigenvalue weighted by molar-refractivity contribution is -0.189. The molecule has 0 saturated heterocycles. The predicted molar refractivity (Wildman–Crippen MR) is 110 cm³/mol. The molecule has 0 saturated carbocycles. The summed E-state index contributed by atoms with van der Waals surface area (Å²) in [7, 11) is -1.90. The normalized spacial score (nSPS) is 12.8. The Labute approximate surface area is 188 Å². The van der Waals surface area contributed by atoms with Crippen molar-refractivity contribution in [2.24, 2.45) is 5.14 Å². The number of rotatable bonds is 7. The SMILES string of the molecule is COc1cc(OC)nc(NC(=O)c2ccc(OC(C)C(F)(F)F)c(S(N)(=O)=O)c2I)n1. The van der Waals surface area contributed by atoms with Crippen molar-refractivity contribution in [2.75, 3.05) is 19.5 Å². The Morgan fingerprint density at radius 3 is 2.19 bits per heavy atom. The van der Waals surface area contributed by atoms with Crippen LogP contribution in [-0.2, 0) is 10.0 Å². The first-order valence-electron chi connectivity index (χ1n) is 8.15. The van der Waals surface area contributed by atoms with Gasteiger partial charge in [-0.15, -0.1) is 0 Å². The minimum atomic E-state index is -4.75. The summed E-state index contributed by atoms with van der Waals surface area (Å²) in [4.78, 5) is 19.7. The molecule has 0 radical (unpaired) electrons. The van der Waals surface area contributed by atoms with Crippen molar-refractivity contribution >= 4 is 44.5 Å². The van der Waals surface area contributed by atoms with Crippen LogP contribution in [0.25, 0.3) is 0 Å². The highest BCUT2D eigenvalue weighted by Crippen LogP contribution is 2.34. The largest absolute Gasteiger partial charge is 0.481 e. The number of hydrogen-bond donors (Lipinski definition) is 2. The number of amides is 1. The zero-order valence-electron chi connectivity index (χ0n) is 16.2. The summed E-state index contributed by atoms with van der Waals surface area (Å²) in [6, 6.07) is 3.35. The van der Waals surface area contributed by atoms with Crippen LogP contribution in [0.5, 0.6) is 17.5 Å². The number of ether oxygens (including phenoxy) is 3. The molecule has 1 atom stereocenters. The summed E-state index contributed by atoms with van der Waals surface area (Å²) in [5.41, 5.74) is -0.220. The molecule has 1 amide bonds.